The lowest BCUT2D eigenvalue weighted by Crippen LogP contribution is -3.10. The number of aromatic nitrogens is 3. The summed E-state index contributed by atoms with van der Waals surface area (Å²) in [7, 11) is 1.89. The average Bonchev–Trinajstić information content (AvgIpc) is 3.25. The van der Waals surface area contributed by atoms with Crippen molar-refractivity contribution in [3.05, 3.63) is 42.5 Å². The molecule has 0 radical (unpaired) electrons. The third-order valence-corrected chi connectivity index (χ3v) is 4.82. The van der Waals surface area contributed by atoms with Crippen LogP contribution in [0.2, 0.25) is 0 Å². The molecule has 1 aromatic carbocycles. The van der Waals surface area contributed by atoms with Crippen LogP contribution < -0.4 is 4.90 Å². The second-order valence-corrected chi connectivity index (χ2v) is 6.94. The van der Waals surface area contributed by atoms with Crippen molar-refractivity contribution in [1.29, 1.82) is 0 Å². The average molecular weight is 371 g/mol. The molecule has 4 amide bonds. The molecule has 1 fully saturated rings. The number of rotatable bonds is 6. The van der Waals surface area contributed by atoms with Gasteiger partial charge in [-0.15, -0.1) is 0 Å². The number of carbonyl (C=O) groups is 3. The Bertz CT molecular complexity index is 846. The summed E-state index contributed by atoms with van der Waals surface area (Å²) in [5.74, 6) is -1.52. The number of hydrogen-bond acceptors (Lipinski definition) is 5. The molecule has 27 heavy (non-hydrogen) atoms. The molecule has 1 aliphatic heterocycles. The van der Waals surface area contributed by atoms with E-state index in [1.54, 1.807) is 24.9 Å². The number of carbonyl (C=O) groups excluding carboxylic acids is 3. The van der Waals surface area contributed by atoms with Crippen LogP contribution in [-0.4, -0.2) is 62.2 Å². The number of hydrogen-bond donors (Lipinski definition) is 1. The van der Waals surface area contributed by atoms with Crippen LogP contribution in [0.3, 0.4) is 0 Å². The molecular weight excluding hydrogens is 348 g/mol. The number of quaternary nitrogens is 1. The second-order valence-electron chi connectivity index (χ2n) is 6.94. The van der Waals surface area contributed by atoms with Gasteiger partial charge in [0.25, 0.3) is 0 Å². The molecule has 0 bridgehead atoms. The molecule has 9 heteroatoms. The van der Waals surface area contributed by atoms with E-state index in [0.717, 1.165) is 26.0 Å². The maximum Gasteiger partial charge on any atom is 0.338 e. The third-order valence-electron chi connectivity index (χ3n) is 4.82. The minimum absolute atomic E-state index is 0.0126. The molecule has 142 valence electrons. The van der Waals surface area contributed by atoms with Crippen LogP contribution in [0.25, 0.3) is 5.69 Å². The zero-order valence-corrected chi connectivity index (χ0v) is 15.8. The van der Waals surface area contributed by atoms with Crippen LogP contribution in [0, 0.1) is 0 Å². The summed E-state index contributed by atoms with van der Waals surface area (Å²) >= 11 is 0. The minimum atomic E-state index is -0.762. The standard InChI is InChI=1S/C18H22N6O3/c1-12(2)24-17(26)16(25)22(18(24)27)11-21(4)13(3)14-5-7-15(8-6-14)23-10-19-9-20-23/h5-10,12-13H,11H2,1-4H3/p+1/t13-/m0/s1. The SMILES string of the molecule is CC(C)N1C(=O)C(=O)N(C[NH+](C)[C@@H](C)c2ccc(-n3cncn3)cc2)C1=O. The zero-order chi connectivity index (χ0) is 19.7. The molecule has 0 saturated carbocycles. The van der Waals surface area contributed by atoms with Gasteiger partial charge in [-0.2, -0.15) is 5.10 Å². The largest absolute Gasteiger partial charge is 0.338 e. The van der Waals surface area contributed by atoms with Gasteiger partial charge in [0.05, 0.1) is 12.7 Å². The first kappa shape index (κ1) is 18.7. The molecule has 2 heterocycles. The van der Waals surface area contributed by atoms with E-state index in [9.17, 15) is 14.4 Å². The van der Waals surface area contributed by atoms with Crippen LogP contribution in [0.4, 0.5) is 4.79 Å². The summed E-state index contributed by atoms with van der Waals surface area (Å²) in [6, 6.07) is 6.94. The number of imide groups is 2. The fourth-order valence-electron chi connectivity index (χ4n) is 3.05. The topological polar surface area (TPSA) is 92.8 Å². The van der Waals surface area contributed by atoms with Gasteiger partial charge in [0, 0.05) is 11.6 Å². The number of amides is 4. The van der Waals surface area contributed by atoms with Crippen LogP contribution in [-0.2, 0) is 9.59 Å². The van der Waals surface area contributed by atoms with Gasteiger partial charge in [-0.1, -0.05) is 12.1 Å². The first-order valence-corrected chi connectivity index (χ1v) is 8.77. The van der Waals surface area contributed by atoms with Crippen LogP contribution >= 0.6 is 0 Å². The van der Waals surface area contributed by atoms with Gasteiger partial charge in [0.1, 0.15) is 18.7 Å². The highest BCUT2D eigenvalue weighted by molar-refractivity contribution is 6.44. The molecule has 1 unspecified atom stereocenters. The number of urea groups is 1. The first-order valence-electron chi connectivity index (χ1n) is 8.77. The zero-order valence-electron chi connectivity index (χ0n) is 15.8. The molecule has 1 N–H and O–H groups in total. The lowest BCUT2D eigenvalue weighted by Gasteiger charge is -2.26. The Labute approximate surface area is 157 Å². The number of nitrogens with zero attached hydrogens (tertiary/aromatic N) is 5. The highest BCUT2D eigenvalue weighted by atomic mass is 16.2. The lowest BCUT2D eigenvalue weighted by atomic mass is 10.1. The maximum atomic E-state index is 12.4. The summed E-state index contributed by atoms with van der Waals surface area (Å²) in [4.78, 5) is 43.5. The molecule has 3 rings (SSSR count). The maximum absolute atomic E-state index is 12.4. The molecule has 0 spiro atoms. The Hall–Kier alpha value is -3.07. The lowest BCUT2D eigenvalue weighted by molar-refractivity contribution is -0.917. The Kier molecular flexibility index (Phi) is 5.04. The van der Waals surface area contributed by atoms with Gasteiger partial charge in [0.15, 0.2) is 6.67 Å². The predicted octanol–water partition coefficient (Wildman–Crippen LogP) is -0.000300. The summed E-state index contributed by atoms with van der Waals surface area (Å²) < 4.78 is 1.67. The van der Waals surface area contributed by atoms with Crippen molar-refractivity contribution in [1.82, 2.24) is 24.6 Å². The summed E-state index contributed by atoms with van der Waals surface area (Å²) in [6.07, 6.45) is 3.10. The fraction of sp³-hybridized carbons (Fsp3) is 0.389. The summed E-state index contributed by atoms with van der Waals surface area (Å²) in [6.45, 7) is 5.55. The smallest absolute Gasteiger partial charge is 0.314 e. The molecule has 0 aliphatic carbocycles. The predicted molar refractivity (Wildman–Crippen MR) is 95.8 cm³/mol. The molecule has 1 aliphatic rings. The van der Waals surface area contributed by atoms with Crippen LogP contribution in [0.5, 0.6) is 0 Å². The monoisotopic (exact) mass is 371 g/mol. The first-order chi connectivity index (χ1) is 12.8. The highest BCUT2D eigenvalue weighted by Gasteiger charge is 2.47. The van der Waals surface area contributed by atoms with Gasteiger partial charge in [-0.25, -0.2) is 19.4 Å². The third kappa shape index (κ3) is 3.45. The molecule has 2 aromatic rings. The van der Waals surface area contributed by atoms with Crippen LogP contribution in [0.15, 0.2) is 36.9 Å². The van der Waals surface area contributed by atoms with Crippen molar-refractivity contribution < 1.29 is 19.3 Å². The van der Waals surface area contributed by atoms with Gasteiger partial charge in [-0.3, -0.25) is 14.5 Å². The quantitative estimate of drug-likeness (QED) is 0.570. The van der Waals surface area contributed by atoms with E-state index in [4.69, 9.17) is 0 Å². The van der Waals surface area contributed by atoms with Crippen molar-refractivity contribution in [3.63, 3.8) is 0 Å². The number of nitrogens with one attached hydrogen (secondary N) is 1. The second kappa shape index (κ2) is 7.28. The van der Waals surface area contributed by atoms with Crippen molar-refractivity contribution >= 4 is 17.8 Å². The van der Waals surface area contributed by atoms with E-state index in [1.165, 1.54) is 6.33 Å². The van der Waals surface area contributed by atoms with Crippen molar-refractivity contribution in [2.24, 2.45) is 0 Å². The summed E-state index contributed by atoms with van der Waals surface area (Å²) in [5.41, 5.74) is 1.94. The Balaban J connectivity index is 1.70. The van der Waals surface area contributed by atoms with Gasteiger partial charge in [0.2, 0.25) is 0 Å². The molecule has 9 nitrogen and oxygen atoms in total. The molecule has 1 aromatic heterocycles. The van der Waals surface area contributed by atoms with Gasteiger partial charge >= 0.3 is 17.8 Å². The molecule has 2 atom stereocenters. The Morgan fingerprint density at radius 3 is 2.22 bits per heavy atom. The van der Waals surface area contributed by atoms with Crippen LogP contribution in [0.1, 0.15) is 32.4 Å². The Morgan fingerprint density at radius 2 is 1.70 bits per heavy atom. The fourth-order valence-corrected chi connectivity index (χ4v) is 3.05. The number of benzene rings is 1. The normalized spacial score (nSPS) is 17.1. The van der Waals surface area contributed by atoms with E-state index in [1.807, 2.05) is 38.2 Å². The summed E-state index contributed by atoms with van der Waals surface area (Å²) in [5, 5.41) is 4.09. The highest BCUT2D eigenvalue weighted by Crippen LogP contribution is 2.16. The van der Waals surface area contributed by atoms with Crippen molar-refractivity contribution in [2.75, 3.05) is 13.7 Å². The van der Waals surface area contributed by atoms with E-state index >= 15 is 0 Å². The minimum Gasteiger partial charge on any atom is -0.314 e. The van der Waals surface area contributed by atoms with Gasteiger partial charge in [-0.05, 0) is 32.9 Å². The van der Waals surface area contributed by atoms with E-state index in [-0.39, 0.29) is 18.8 Å². The molecule has 1 saturated heterocycles. The van der Waals surface area contributed by atoms with E-state index in [2.05, 4.69) is 10.1 Å². The van der Waals surface area contributed by atoms with Gasteiger partial charge < -0.3 is 4.90 Å². The van der Waals surface area contributed by atoms with E-state index in [0.29, 0.717) is 0 Å². The molecular formula is C18H23N6O3+. The van der Waals surface area contributed by atoms with E-state index < -0.39 is 17.8 Å². The Morgan fingerprint density at radius 1 is 1.04 bits per heavy atom. The van der Waals surface area contributed by atoms with Crippen molar-refractivity contribution in [3.8, 4) is 5.69 Å². The van der Waals surface area contributed by atoms with Crippen molar-refractivity contribution in [2.45, 2.75) is 32.9 Å².